The van der Waals surface area contributed by atoms with E-state index < -0.39 is 5.97 Å². The number of amides is 1. The minimum atomic E-state index is -0.541. The molecule has 6 nitrogen and oxygen atoms in total. The van der Waals surface area contributed by atoms with E-state index in [1.54, 1.807) is 0 Å². The lowest BCUT2D eigenvalue weighted by molar-refractivity contribution is -0.114. The molecule has 0 saturated heterocycles. The molecule has 1 heterocycles. The van der Waals surface area contributed by atoms with Crippen molar-refractivity contribution in [3.05, 3.63) is 40.9 Å². The van der Waals surface area contributed by atoms with Crippen molar-refractivity contribution < 1.29 is 19.1 Å². The van der Waals surface area contributed by atoms with E-state index in [1.807, 2.05) is 31.2 Å². The molecule has 0 fully saturated rings. The van der Waals surface area contributed by atoms with Crippen LogP contribution in [0.1, 0.15) is 23.0 Å². The predicted octanol–water partition coefficient (Wildman–Crippen LogP) is 2.65. The highest BCUT2D eigenvalue weighted by atomic mass is 32.1. The number of aromatic nitrogens is 1. The summed E-state index contributed by atoms with van der Waals surface area (Å²) in [5.41, 5.74) is 1.32. The molecule has 2 aromatic rings. The molecule has 0 saturated carbocycles. The molecule has 0 aliphatic rings. The van der Waals surface area contributed by atoms with Gasteiger partial charge in [-0.2, -0.15) is 0 Å². The van der Waals surface area contributed by atoms with E-state index in [0.29, 0.717) is 5.13 Å². The van der Waals surface area contributed by atoms with Gasteiger partial charge in [0.15, 0.2) is 10.8 Å². The van der Waals surface area contributed by atoms with Crippen molar-refractivity contribution in [3.8, 4) is 5.75 Å². The molecule has 0 bridgehead atoms. The van der Waals surface area contributed by atoms with E-state index in [2.05, 4.69) is 10.3 Å². The first-order valence-corrected chi connectivity index (χ1v) is 7.52. The molecule has 0 aliphatic carbocycles. The Morgan fingerprint density at radius 1 is 1.23 bits per heavy atom. The number of benzene rings is 1. The van der Waals surface area contributed by atoms with Crippen LogP contribution in [0.2, 0.25) is 0 Å². The zero-order valence-corrected chi connectivity index (χ0v) is 13.1. The molecule has 0 atom stereocenters. The Bertz CT molecular complexity index is 652. The molecule has 0 unspecified atom stereocenters. The number of nitrogens with one attached hydrogen (secondary N) is 1. The van der Waals surface area contributed by atoms with Crippen LogP contribution in [0.15, 0.2) is 29.6 Å². The van der Waals surface area contributed by atoms with Crippen LogP contribution in [0, 0.1) is 6.92 Å². The second-order valence-corrected chi connectivity index (χ2v) is 5.37. The summed E-state index contributed by atoms with van der Waals surface area (Å²) in [6, 6.07) is 7.61. The topological polar surface area (TPSA) is 77.5 Å². The molecule has 1 aromatic carbocycles. The number of nitrogens with zero attached hydrogens (tertiary/aromatic N) is 1. The Hall–Kier alpha value is -2.41. The third-order valence-electron chi connectivity index (χ3n) is 2.60. The summed E-state index contributed by atoms with van der Waals surface area (Å²) in [7, 11) is 0. The van der Waals surface area contributed by atoms with Gasteiger partial charge in [0.25, 0.3) is 0 Å². The van der Waals surface area contributed by atoms with Crippen molar-refractivity contribution in [2.45, 2.75) is 13.8 Å². The summed E-state index contributed by atoms with van der Waals surface area (Å²) < 4.78 is 10.5. The Morgan fingerprint density at radius 3 is 2.64 bits per heavy atom. The first-order chi connectivity index (χ1) is 10.5. The minimum Gasteiger partial charge on any atom is -0.490 e. The number of esters is 1. The largest absolute Gasteiger partial charge is 0.490 e. The lowest BCUT2D eigenvalue weighted by Crippen LogP contribution is -2.13. The summed E-state index contributed by atoms with van der Waals surface area (Å²) in [6.07, 6.45) is 0. The number of rotatable bonds is 6. The summed E-state index contributed by atoms with van der Waals surface area (Å²) in [4.78, 5) is 26.6. The predicted molar refractivity (Wildman–Crippen MR) is 83.4 cm³/mol. The number of anilines is 1. The second kappa shape index (κ2) is 7.56. The number of ether oxygens (including phenoxy) is 2. The molecule has 7 heteroatoms. The molecule has 0 spiro atoms. The van der Waals surface area contributed by atoms with E-state index in [0.717, 1.165) is 11.3 Å². The van der Waals surface area contributed by atoms with Crippen molar-refractivity contribution in [1.29, 1.82) is 0 Å². The Labute approximate surface area is 132 Å². The van der Waals surface area contributed by atoms with Gasteiger partial charge >= 0.3 is 5.97 Å². The molecule has 1 aromatic heterocycles. The first-order valence-electron chi connectivity index (χ1n) is 6.64. The highest BCUT2D eigenvalue weighted by molar-refractivity contribution is 7.14. The van der Waals surface area contributed by atoms with Gasteiger partial charge < -0.3 is 14.8 Å². The standard InChI is InChI=1S/C15H16N2O4S/c1-10-3-5-12(6-4-10)20-7-8-21-14(19)13-9-22-15(17-13)16-11(2)18/h3-6,9H,7-8H2,1-2H3,(H,16,17,18). The molecule has 0 aliphatic heterocycles. The third-order valence-corrected chi connectivity index (χ3v) is 3.36. The summed E-state index contributed by atoms with van der Waals surface area (Å²) in [6.45, 7) is 3.76. The van der Waals surface area contributed by atoms with Crippen LogP contribution >= 0.6 is 11.3 Å². The van der Waals surface area contributed by atoms with Gasteiger partial charge in [0.2, 0.25) is 5.91 Å². The maximum absolute atomic E-state index is 11.8. The van der Waals surface area contributed by atoms with Crippen molar-refractivity contribution in [2.75, 3.05) is 18.5 Å². The fourth-order valence-electron chi connectivity index (χ4n) is 1.58. The zero-order chi connectivity index (χ0) is 15.9. The molecule has 1 amide bonds. The van der Waals surface area contributed by atoms with E-state index in [-0.39, 0.29) is 24.8 Å². The number of carbonyl (C=O) groups excluding carboxylic acids is 2. The fourth-order valence-corrected chi connectivity index (χ4v) is 2.30. The van der Waals surface area contributed by atoms with Gasteiger partial charge in [0, 0.05) is 12.3 Å². The van der Waals surface area contributed by atoms with Crippen molar-refractivity contribution >= 4 is 28.3 Å². The maximum atomic E-state index is 11.8. The van der Waals surface area contributed by atoms with Crippen LogP contribution in [0.4, 0.5) is 5.13 Å². The second-order valence-electron chi connectivity index (χ2n) is 4.52. The number of hydrogen-bond acceptors (Lipinski definition) is 6. The van der Waals surface area contributed by atoms with Gasteiger partial charge in [-0.15, -0.1) is 11.3 Å². The lowest BCUT2D eigenvalue weighted by atomic mass is 10.2. The van der Waals surface area contributed by atoms with Gasteiger partial charge in [-0.3, -0.25) is 4.79 Å². The van der Waals surface area contributed by atoms with E-state index in [1.165, 1.54) is 23.6 Å². The lowest BCUT2D eigenvalue weighted by Gasteiger charge is -2.06. The first kappa shape index (κ1) is 16.0. The zero-order valence-electron chi connectivity index (χ0n) is 12.3. The molecular formula is C15H16N2O4S. The summed E-state index contributed by atoms with van der Waals surface area (Å²) in [5, 5.41) is 4.42. The quantitative estimate of drug-likeness (QED) is 0.654. The average Bonchev–Trinajstić information content (AvgIpc) is 2.93. The van der Waals surface area contributed by atoms with Gasteiger partial charge in [0.1, 0.15) is 19.0 Å². The van der Waals surface area contributed by atoms with Crippen LogP contribution in [0.5, 0.6) is 5.75 Å². The minimum absolute atomic E-state index is 0.125. The average molecular weight is 320 g/mol. The highest BCUT2D eigenvalue weighted by Gasteiger charge is 2.12. The van der Waals surface area contributed by atoms with Crippen LogP contribution < -0.4 is 10.1 Å². The van der Waals surface area contributed by atoms with Crippen LogP contribution in [-0.2, 0) is 9.53 Å². The maximum Gasteiger partial charge on any atom is 0.358 e. The molecular weight excluding hydrogens is 304 g/mol. The normalized spacial score (nSPS) is 10.1. The SMILES string of the molecule is CC(=O)Nc1nc(C(=O)OCCOc2ccc(C)cc2)cs1. The Balaban J connectivity index is 1.74. The van der Waals surface area contributed by atoms with Gasteiger partial charge in [-0.25, -0.2) is 9.78 Å². The Morgan fingerprint density at radius 2 is 1.95 bits per heavy atom. The summed E-state index contributed by atoms with van der Waals surface area (Å²) >= 11 is 1.17. The van der Waals surface area contributed by atoms with Crippen LogP contribution in [0.25, 0.3) is 0 Å². The third kappa shape index (κ3) is 4.85. The highest BCUT2D eigenvalue weighted by Crippen LogP contribution is 2.16. The van der Waals surface area contributed by atoms with Crippen molar-refractivity contribution in [3.63, 3.8) is 0 Å². The number of hydrogen-bond donors (Lipinski definition) is 1. The Kier molecular flexibility index (Phi) is 5.48. The molecule has 116 valence electrons. The number of thiazole rings is 1. The fraction of sp³-hybridized carbons (Fsp3) is 0.267. The monoisotopic (exact) mass is 320 g/mol. The number of aryl methyl sites for hydroxylation is 1. The van der Waals surface area contributed by atoms with Gasteiger partial charge in [0.05, 0.1) is 0 Å². The summed E-state index contributed by atoms with van der Waals surface area (Å²) in [5.74, 6) is -0.0515. The van der Waals surface area contributed by atoms with Crippen LogP contribution in [-0.4, -0.2) is 30.1 Å². The van der Waals surface area contributed by atoms with Crippen molar-refractivity contribution in [1.82, 2.24) is 4.98 Å². The molecule has 1 N–H and O–H groups in total. The van der Waals surface area contributed by atoms with Gasteiger partial charge in [-0.05, 0) is 19.1 Å². The molecule has 2 rings (SSSR count). The van der Waals surface area contributed by atoms with Gasteiger partial charge in [-0.1, -0.05) is 17.7 Å². The van der Waals surface area contributed by atoms with E-state index in [9.17, 15) is 9.59 Å². The smallest absolute Gasteiger partial charge is 0.358 e. The van der Waals surface area contributed by atoms with Crippen LogP contribution in [0.3, 0.4) is 0 Å². The van der Waals surface area contributed by atoms with E-state index in [4.69, 9.17) is 9.47 Å². The van der Waals surface area contributed by atoms with E-state index >= 15 is 0 Å². The molecule has 0 radical (unpaired) electrons. The van der Waals surface area contributed by atoms with Crippen molar-refractivity contribution in [2.24, 2.45) is 0 Å². The molecule has 22 heavy (non-hydrogen) atoms. The number of carbonyl (C=O) groups is 2.